The van der Waals surface area contributed by atoms with Crippen LogP contribution in [0.4, 0.5) is 0 Å². The van der Waals surface area contributed by atoms with Crippen LogP contribution in [0.1, 0.15) is 37.8 Å². The summed E-state index contributed by atoms with van der Waals surface area (Å²) in [6.45, 7) is 0. The zero-order valence-corrected chi connectivity index (χ0v) is 10.5. The molecule has 0 amide bonds. The van der Waals surface area contributed by atoms with E-state index in [0.29, 0.717) is 5.89 Å². The Labute approximate surface area is 107 Å². The molecule has 0 bridgehead atoms. The largest absolute Gasteiger partial charge is 0.444 e. The zero-order valence-electron chi connectivity index (χ0n) is 10.5. The molecule has 0 aliphatic heterocycles. The second-order valence-corrected chi connectivity index (χ2v) is 5.09. The molecule has 0 N–H and O–H groups in total. The first-order valence-electron chi connectivity index (χ1n) is 6.76. The second-order valence-electron chi connectivity index (χ2n) is 5.09. The van der Waals surface area contributed by atoms with Crippen molar-refractivity contribution >= 4 is 0 Å². The first-order valence-corrected chi connectivity index (χ1v) is 6.76. The zero-order chi connectivity index (χ0) is 12.2. The van der Waals surface area contributed by atoms with Crippen LogP contribution < -0.4 is 0 Å². The Hall–Kier alpha value is -1.64. The molecule has 2 heterocycles. The Kier molecular flexibility index (Phi) is 3.40. The summed E-state index contributed by atoms with van der Waals surface area (Å²) >= 11 is 0. The van der Waals surface area contributed by atoms with Crippen LogP contribution >= 0.6 is 0 Å². The van der Waals surface area contributed by atoms with Gasteiger partial charge in [0.2, 0.25) is 5.89 Å². The van der Waals surface area contributed by atoms with E-state index in [9.17, 15) is 0 Å². The molecule has 2 aromatic heterocycles. The van der Waals surface area contributed by atoms with Crippen molar-refractivity contribution in [1.29, 1.82) is 0 Å². The second kappa shape index (κ2) is 5.34. The molecule has 2 aromatic rings. The van der Waals surface area contributed by atoms with Crippen molar-refractivity contribution in [1.82, 2.24) is 9.97 Å². The lowest BCUT2D eigenvalue weighted by atomic mass is 9.86. The van der Waals surface area contributed by atoms with Gasteiger partial charge in [0.1, 0.15) is 6.26 Å². The van der Waals surface area contributed by atoms with Crippen molar-refractivity contribution < 1.29 is 4.42 Å². The van der Waals surface area contributed by atoms with E-state index in [1.54, 1.807) is 12.4 Å². The van der Waals surface area contributed by atoms with Crippen molar-refractivity contribution in [2.45, 2.75) is 38.5 Å². The minimum atomic E-state index is 0.711. The Morgan fingerprint density at radius 3 is 2.67 bits per heavy atom. The molecular weight excluding hydrogens is 224 g/mol. The summed E-state index contributed by atoms with van der Waals surface area (Å²) < 4.78 is 5.55. The molecule has 1 fully saturated rings. The van der Waals surface area contributed by atoms with Gasteiger partial charge in [-0.15, -0.1) is 0 Å². The van der Waals surface area contributed by atoms with Gasteiger partial charge in [0.25, 0.3) is 0 Å². The summed E-state index contributed by atoms with van der Waals surface area (Å²) in [5.74, 6) is 1.51. The molecule has 3 nitrogen and oxygen atoms in total. The third kappa shape index (κ3) is 2.61. The van der Waals surface area contributed by atoms with Crippen molar-refractivity contribution in [2.75, 3.05) is 0 Å². The summed E-state index contributed by atoms with van der Waals surface area (Å²) in [6.07, 6.45) is 13.2. The lowest BCUT2D eigenvalue weighted by molar-refractivity contribution is 0.354. The summed E-state index contributed by atoms with van der Waals surface area (Å²) in [5.41, 5.74) is 2.09. The third-order valence-corrected chi connectivity index (χ3v) is 3.70. The van der Waals surface area contributed by atoms with Crippen LogP contribution in [0.15, 0.2) is 35.2 Å². The van der Waals surface area contributed by atoms with Gasteiger partial charge in [-0.05, 0) is 24.5 Å². The third-order valence-electron chi connectivity index (χ3n) is 3.70. The average Bonchev–Trinajstić information content (AvgIpc) is 2.89. The first-order chi connectivity index (χ1) is 8.92. The smallest absolute Gasteiger partial charge is 0.226 e. The van der Waals surface area contributed by atoms with Crippen LogP contribution in [-0.4, -0.2) is 9.97 Å². The Balaban J connectivity index is 1.69. The molecule has 0 atom stereocenters. The van der Waals surface area contributed by atoms with Gasteiger partial charge in [-0.1, -0.05) is 32.1 Å². The lowest BCUT2D eigenvalue weighted by Gasteiger charge is -2.19. The number of hydrogen-bond acceptors (Lipinski definition) is 3. The summed E-state index contributed by atoms with van der Waals surface area (Å²) in [4.78, 5) is 8.58. The Morgan fingerprint density at radius 2 is 1.89 bits per heavy atom. The standard InChI is InChI=1S/C15H18N2O/c1-2-4-12(5-3-1)10-14-11-18-15(17-14)13-6-8-16-9-7-13/h6-9,11-12H,1-5,10H2. The minimum Gasteiger partial charge on any atom is -0.444 e. The molecule has 3 heteroatoms. The number of nitrogens with zero attached hydrogens (tertiary/aromatic N) is 2. The molecule has 0 radical (unpaired) electrons. The van der Waals surface area contributed by atoms with Gasteiger partial charge in [-0.3, -0.25) is 4.98 Å². The number of oxazole rings is 1. The highest BCUT2D eigenvalue weighted by molar-refractivity contribution is 5.51. The first kappa shape index (κ1) is 11.5. The molecule has 18 heavy (non-hydrogen) atoms. The van der Waals surface area contributed by atoms with E-state index in [0.717, 1.165) is 23.6 Å². The maximum Gasteiger partial charge on any atom is 0.226 e. The molecule has 1 aliphatic rings. The fraction of sp³-hybridized carbons (Fsp3) is 0.467. The van der Waals surface area contributed by atoms with Gasteiger partial charge >= 0.3 is 0 Å². The summed E-state index contributed by atoms with van der Waals surface area (Å²) in [5, 5.41) is 0. The SMILES string of the molecule is c1cc(-c2nc(CC3CCCCC3)co2)ccn1. The van der Waals surface area contributed by atoms with E-state index in [4.69, 9.17) is 4.42 Å². The van der Waals surface area contributed by atoms with Gasteiger partial charge in [-0.2, -0.15) is 0 Å². The number of hydrogen-bond donors (Lipinski definition) is 0. The summed E-state index contributed by atoms with van der Waals surface area (Å²) in [6, 6.07) is 3.85. The normalized spacial score (nSPS) is 16.9. The highest BCUT2D eigenvalue weighted by Gasteiger charge is 2.16. The van der Waals surface area contributed by atoms with Crippen LogP contribution in [-0.2, 0) is 6.42 Å². The Bertz CT molecular complexity index is 486. The van der Waals surface area contributed by atoms with Crippen LogP contribution in [0.5, 0.6) is 0 Å². The van der Waals surface area contributed by atoms with Crippen molar-refractivity contribution in [3.8, 4) is 11.5 Å². The van der Waals surface area contributed by atoms with Crippen molar-refractivity contribution in [2.24, 2.45) is 5.92 Å². The molecule has 1 saturated carbocycles. The van der Waals surface area contributed by atoms with E-state index in [2.05, 4.69) is 9.97 Å². The molecule has 94 valence electrons. The highest BCUT2D eigenvalue weighted by atomic mass is 16.3. The molecule has 3 rings (SSSR count). The van der Waals surface area contributed by atoms with E-state index >= 15 is 0 Å². The lowest BCUT2D eigenvalue weighted by Crippen LogP contribution is -2.09. The van der Waals surface area contributed by atoms with Gasteiger partial charge < -0.3 is 4.42 Å². The van der Waals surface area contributed by atoms with Crippen LogP contribution in [0.3, 0.4) is 0 Å². The van der Waals surface area contributed by atoms with E-state index in [1.165, 1.54) is 32.1 Å². The number of pyridine rings is 1. The molecule has 1 aliphatic carbocycles. The van der Waals surface area contributed by atoms with Crippen molar-refractivity contribution in [3.63, 3.8) is 0 Å². The van der Waals surface area contributed by atoms with Gasteiger partial charge in [-0.25, -0.2) is 4.98 Å². The van der Waals surface area contributed by atoms with E-state index in [-0.39, 0.29) is 0 Å². The van der Waals surface area contributed by atoms with Gasteiger partial charge in [0.05, 0.1) is 5.69 Å². The predicted molar refractivity (Wildman–Crippen MR) is 70.0 cm³/mol. The summed E-state index contributed by atoms with van der Waals surface area (Å²) in [7, 11) is 0. The molecule has 0 unspecified atom stereocenters. The van der Waals surface area contributed by atoms with E-state index < -0.39 is 0 Å². The fourth-order valence-corrected chi connectivity index (χ4v) is 2.71. The monoisotopic (exact) mass is 242 g/mol. The van der Waals surface area contributed by atoms with Crippen molar-refractivity contribution in [3.05, 3.63) is 36.5 Å². The minimum absolute atomic E-state index is 0.711. The molecule has 0 aromatic carbocycles. The molecule has 0 saturated heterocycles. The van der Waals surface area contributed by atoms with E-state index in [1.807, 2.05) is 18.4 Å². The number of rotatable bonds is 3. The quantitative estimate of drug-likeness (QED) is 0.820. The average molecular weight is 242 g/mol. The predicted octanol–water partition coefficient (Wildman–Crippen LogP) is 3.86. The van der Waals surface area contributed by atoms with Crippen LogP contribution in [0.25, 0.3) is 11.5 Å². The maximum absolute atomic E-state index is 5.55. The maximum atomic E-state index is 5.55. The fourth-order valence-electron chi connectivity index (χ4n) is 2.71. The van der Waals surface area contributed by atoms with Crippen LogP contribution in [0.2, 0.25) is 0 Å². The molecule has 0 spiro atoms. The molecular formula is C15H18N2O. The Morgan fingerprint density at radius 1 is 1.11 bits per heavy atom. The topological polar surface area (TPSA) is 38.9 Å². The van der Waals surface area contributed by atoms with Gasteiger partial charge in [0, 0.05) is 18.0 Å². The highest BCUT2D eigenvalue weighted by Crippen LogP contribution is 2.27. The van der Waals surface area contributed by atoms with Crippen LogP contribution in [0, 0.1) is 5.92 Å². The van der Waals surface area contributed by atoms with Gasteiger partial charge in [0.15, 0.2) is 0 Å². The number of aromatic nitrogens is 2.